The molecule has 5 heteroatoms. The number of amidine groups is 1. The van der Waals surface area contributed by atoms with E-state index in [0.29, 0.717) is 12.4 Å². The van der Waals surface area contributed by atoms with Gasteiger partial charge in [0.25, 0.3) is 0 Å². The highest BCUT2D eigenvalue weighted by atomic mass is 32.1. The van der Waals surface area contributed by atoms with Crippen molar-refractivity contribution in [2.24, 2.45) is 4.99 Å². The van der Waals surface area contributed by atoms with Crippen LogP contribution in [0.5, 0.6) is 0 Å². The van der Waals surface area contributed by atoms with Crippen LogP contribution < -0.4 is 10.2 Å². The predicted molar refractivity (Wildman–Crippen MR) is 123 cm³/mol. The smallest absolute Gasteiger partial charge is 0.246 e. The standard InChI is InChI=1S/C24H27N3OS/c1-23(2)16-24(3,17-9-5-4-6-10-17)18-11-7-8-12-19(18)27(23)21(28)15-26-22-20(29)13-14-25-22/h4-12H,13-16H2,1-3H3,(H,25,26). The van der Waals surface area contributed by atoms with Crippen LogP contribution in [0.15, 0.2) is 59.6 Å². The number of rotatable bonds is 3. The normalized spacial score (nSPS) is 22.8. The molecule has 1 atom stereocenters. The lowest BCUT2D eigenvalue weighted by Crippen LogP contribution is -2.58. The van der Waals surface area contributed by atoms with Gasteiger partial charge < -0.3 is 10.2 Å². The number of carbonyl (C=O) groups is 1. The Kier molecular flexibility index (Phi) is 5.03. The van der Waals surface area contributed by atoms with Gasteiger partial charge in [-0.15, -0.1) is 0 Å². The molecule has 0 aromatic heterocycles. The summed E-state index contributed by atoms with van der Waals surface area (Å²) in [6.07, 6.45) is 1.63. The van der Waals surface area contributed by atoms with Crippen LogP contribution in [0.1, 0.15) is 44.7 Å². The lowest BCUT2D eigenvalue weighted by molar-refractivity contribution is -0.118. The largest absolute Gasteiger partial charge is 0.360 e. The minimum atomic E-state index is -0.338. The number of aliphatic imine (C=N–C) groups is 1. The first-order valence-corrected chi connectivity index (χ1v) is 10.5. The molecule has 4 rings (SSSR count). The molecule has 2 aliphatic rings. The number of nitrogens with zero attached hydrogens (tertiary/aromatic N) is 2. The average Bonchev–Trinajstić information content (AvgIpc) is 3.11. The summed E-state index contributed by atoms with van der Waals surface area (Å²) in [5, 5.41) is 3.17. The quantitative estimate of drug-likeness (QED) is 0.776. The Morgan fingerprint density at radius 1 is 1.10 bits per heavy atom. The number of nitrogens with one attached hydrogen (secondary N) is 1. The van der Waals surface area contributed by atoms with Gasteiger partial charge in [-0.2, -0.15) is 0 Å². The monoisotopic (exact) mass is 405 g/mol. The van der Waals surface area contributed by atoms with E-state index in [1.54, 1.807) is 0 Å². The number of anilines is 1. The van der Waals surface area contributed by atoms with E-state index in [2.05, 4.69) is 73.5 Å². The van der Waals surface area contributed by atoms with E-state index in [1.165, 1.54) is 11.1 Å². The van der Waals surface area contributed by atoms with Crippen LogP contribution in [-0.2, 0) is 10.2 Å². The predicted octanol–water partition coefficient (Wildman–Crippen LogP) is 4.27. The number of fused-ring (bicyclic) bond motifs is 1. The lowest BCUT2D eigenvalue weighted by atomic mass is 9.65. The topological polar surface area (TPSA) is 44.7 Å². The van der Waals surface area contributed by atoms with E-state index in [0.717, 1.165) is 23.4 Å². The third-order valence-corrected chi connectivity index (χ3v) is 6.47. The first kappa shape index (κ1) is 19.8. The van der Waals surface area contributed by atoms with Crippen LogP contribution in [0.3, 0.4) is 0 Å². The van der Waals surface area contributed by atoms with Crippen LogP contribution in [-0.4, -0.2) is 35.2 Å². The molecule has 2 heterocycles. The molecule has 0 spiro atoms. The first-order chi connectivity index (χ1) is 13.8. The molecule has 29 heavy (non-hydrogen) atoms. The van der Waals surface area contributed by atoms with Crippen molar-refractivity contribution < 1.29 is 4.79 Å². The van der Waals surface area contributed by atoms with Crippen LogP contribution >= 0.6 is 12.2 Å². The van der Waals surface area contributed by atoms with Crippen molar-refractivity contribution in [2.45, 2.75) is 44.6 Å². The Bertz CT molecular complexity index is 983. The molecule has 150 valence electrons. The number of para-hydroxylation sites is 1. The van der Waals surface area contributed by atoms with E-state index in [4.69, 9.17) is 12.2 Å². The second kappa shape index (κ2) is 7.38. The minimum Gasteiger partial charge on any atom is -0.360 e. The van der Waals surface area contributed by atoms with Gasteiger partial charge in [-0.3, -0.25) is 9.79 Å². The minimum absolute atomic E-state index is 0.0370. The molecular weight excluding hydrogens is 378 g/mol. The Labute approximate surface area is 178 Å². The molecule has 0 aliphatic carbocycles. The number of carbonyl (C=O) groups excluding carboxylic acids is 1. The third-order valence-electron chi connectivity index (χ3n) is 6.07. The third kappa shape index (κ3) is 3.48. The summed E-state index contributed by atoms with van der Waals surface area (Å²) in [4.78, 5) is 20.5. The molecule has 0 bridgehead atoms. The molecule has 2 aromatic carbocycles. The Hall–Kier alpha value is -2.53. The fourth-order valence-electron chi connectivity index (χ4n) is 4.90. The van der Waals surface area contributed by atoms with Crippen LogP contribution in [0.25, 0.3) is 0 Å². The summed E-state index contributed by atoms with van der Waals surface area (Å²) in [6.45, 7) is 7.50. The number of hydrogen-bond donors (Lipinski definition) is 1. The molecule has 0 radical (unpaired) electrons. The van der Waals surface area contributed by atoms with Crippen molar-refractivity contribution in [1.82, 2.24) is 5.32 Å². The Morgan fingerprint density at radius 2 is 1.79 bits per heavy atom. The second-order valence-electron chi connectivity index (χ2n) is 8.69. The molecule has 0 saturated carbocycles. The molecule has 0 saturated heterocycles. The fourth-order valence-corrected chi connectivity index (χ4v) is 5.13. The summed E-state index contributed by atoms with van der Waals surface area (Å²) in [6, 6.07) is 18.9. The summed E-state index contributed by atoms with van der Waals surface area (Å²) >= 11 is 5.32. The summed E-state index contributed by atoms with van der Waals surface area (Å²) < 4.78 is 0. The molecule has 1 unspecified atom stereocenters. The van der Waals surface area contributed by atoms with E-state index in [1.807, 2.05) is 17.0 Å². The highest BCUT2D eigenvalue weighted by molar-refractivity contribution is 7.82. The van der Waals surface area contributed by atoms with Crippen molar-refractivity contribution in [3.63, 3.8) is 0 Å². The van der Waals surface area contributed by atoms with E-state index in [-0.39, 0.29) is 23.4 Å². The van der Waals surface area contributed by atoms with E-state index in [9.17, 15) is 4.79 Å². The van der Waals surface area contributed by atoms with Crippen LogP contribution in [0.4, 0.5) is 5.69 Å². The zero-order valence-electron chi connectivity index (χ0n) is 17.2. The molecule has 2 aromatic rings. The Balaban J connectivity index is 1.70. The number of benzene rings is 2. The van der Waals surface area contributed by atoms with Gasteiger partial charge >= 0.3 is 0 Å². The SMILES string of the molecule is CC1(c2ccccc2)CC(C)(C)N(C(=O)CNC2=NCCC2=S)c2ccccc21. The maximum atomic E-state index is 13.4. The first-order valence-electron chi connectivity index (χ1n) is 10.1. The average molecular weight is 406 g/mol. The van der Waals surface area contributed by atoms with Gasteiger partial charge in [0.2, 0.25) is 5.91 Å². The van der Waals surface area contributed by atoms with Gasteiger partial charge in [0, 0.05) is 29.6 Å². The van der Waals surface area contributed by atoms with Crippen molar-refractivity contribution in [3.8, 4) is 0 Å². The molecule has 4 nitrogen and oxygen atoms in total. The number of amides is 1. The van der Waals surface area contributed by atoms with Gasteiger partial charge in [0.15, 0.2) is 0 Å². The zero-order chi connectivity index (χ0) is 20.6. The second-order valence-corrected chi connectivity index (χ2v) is 9.18. The molecular formula is C24H27N3OS. The number of thiocarbonyl (C=S) groups is 1. The van der Waals surface area contributed by atoms with E-state index < -0.39 is 0 Å². The van der Waals surface area contributed by atoms with Gasteiger partial charge in [-0.25, -0.2) is 0 Å². The molecule has 1 amide bonds. The lowest BCUT2D eigenvalue weighted by Gasteiger charge is -2.51. The summed E-state index contributed by atoms with van der Waals surface area (Å²) in [5.41, 5.74) is 2.94. The van der Waals surface area contributed by atoms with Crippen LogP contribution in [0, 0.1) is 0 Å². The summed E-state index contributed by atoms with van der Waals surface area (Å²) in [7, 11) is 0. The fraction of sp³-hybridized carbons (Fsp3) is 0.375. The van der Waals surface area contributed by atoms with Crippen molar-refractivity contribution >= 4 is 34.5 Å². The maximum Gasteiger partial charge on any atom is 0.246 e. The number of hydrogen-bond acceptors (Lipinski definition) is 4. The van der Waals surface area contributed by atoms with Gasteiger partial charge in [-0.05, 0) is 37.5 Å². The van der Waals surface area contributed by atoms with Crippen molar-refractivity contribution in [2.75, 3.05) is 18.0 Å². The van der Waals surface area contributed by atoms with E-state index >= 15 is 0 Å². The molecule has 1 N–H and O–H groups in total. The van der Waals surface area contributed by atoms with Crippen molar-refractivity contribution in [3.05, 3.63) is 65.7 Å². The highest BCUT2D eigenvalue weighted by Crippen LogP contribution is 2.50. The molecule has 0 fully saturated rings. The van der Waals surface area contributed by atoms with Gasteiger partial charge in [0.1, 0.15) is 5.84 Å². The summed E-state index contributed by atoms with van der Waals surface area (Å²) in [5.74, 6) is 0.737. The highest BCUT2D eigenvalue weighted by Gasteiger charge is 2.47. The Morgan fingerprint density at radius 3 is 2.48 bits per heavy atom. The molecule has 2 aliphatic heterocycles. The maximum absolute atomic E-state index is 13.4. The zero-order valence-corrected chi connectivity index (χ0v) is 18.1. The van der Waals surface area contributed by atoms with Crippen molar-refractivity contribution in [1.29, 1.82) is 0 Å². The van der Waals surface area contributed by atoms with Gasteiger partial charge in [0.05, 0.1) is 11.4 Å². The van der Waals surface area contributed by atoms with Crippen LogP contribution in [0.2, 0.25) is 0 Å². The van der Waals surface area contributed by atoms with Gasteiger partial charge in [-0.1, -0.05) is 67.7 Å².